The van der Waals surface area contributed by atoms with Crippen LogP contribution in [0.1, 0.15) is 127 Å². The van der Waals surface area contributed by atoms with Crippen LogP contribution in [0.5, 0.6) is 0 Å². The molecular formula is C61H71N7O5. The van der Waals surface area contributed by atoms with Gasteiger partial charge in [0, 0.05) is 114 Å². The summed E-state index contributed by atoms with van der Waals surface area (Å²) < 4.78 is 11.1. The third-order valence-electron chi connectivity index (χ3n) is 17.3. The van der Waals surface area contributed by atoms with Gasteiger partial charge in [-0.2, -0.15) is 0 Å². The number of H-pyrrole nitrogens is 1. The van der Waals surface area contributed by atoms with Crippen molar-refractivity contribution >= 4 is 51.0 Å². The zero-order chi connectivity index (χ0) is 51.2. The van der Waals surface area contributed by atoms with Gasteiger partial charge in [-0.3, -0.25) is 14.6 Å². The molecule has 0 spiro atoms. The maximum atomic E-state index is 13.9. The standard InChI is InChI=1S/C31H35N3O2.C30H36N4O3/c1-5-20-17-25-26(19-28(20)34-10-8-23(9-11-34)33-12-14-36-15-13-33)31(2,3)27-18-21-16-22(32-4)6-7-24(21)29(27)30(25)35;1-5-20-6-7-21(18-26(20)34-12-10-23(11-13-34)33-14-16-37-17-15-33)30(2,3)28-27(29(35)36)24-9-8-22(31-4)19-25(24)32-28/h6-7,16-17,19,23H,5,8-15,18H2,1-3H3;6-9,18-19,23,32H,5,10-17H2,1-3H3,(H,35,36). The summed E-state index contributed by atoms with van der Waals surface area (Å²) >= 11 is 0. The average Bonchev–Trinajstić information content (AvgIpc) is 4.03. The van der Waals surface area contributed by atoms with Gasteiger partial charge in [0.2, 0.25) is 0 Å². The minimum atomic E-state index is -0.958. The Bertz CT molecular complexity index is 3050. The fraction of sp³-hybridized carbons (Fsp3) is 0.475. The first kappa shape index (κ1) is 50.3. The van der Waals surface area contributed by atoms with E-state index in [1.807, 2.05) is 18.2 Å². The van der Waals surface area contributed by atoms with E-state index in [-0.39, 0.29) is 16.8 Å². The van der Waals surface area contributed by atoms with E-state index in [9.17, 15) is 14.7 Å². The number of allylic oxidation sites excluding steroid dienone is 2. The van der Waals surface area contributed by atoms with Crippen molar-refractivity contribution in [3.8, 4) is 0 Å². The second-order valence-electron chi connectivity index (χ2n) is 21.9. The lowest BCUT2D eigenvalue weighted by Gasteiger charge is -2.42. The van der Waals surface area contributed by atoms with Crippen molar-refractivity contribution in [1.82, 2.24) is 14.8 Å². The highest BCUT2D eigenvalue weighted by molar-refractivity contribution is 6.33. The van der Waals surface area contributed by atoms with Crippen molar-refractivity contribution in [3.63, 3.8) is 0 Å². The third-order valence-corrected chi connectivity index (χ3v) is 17.3. The molecule has 5 aromatic rings. The van der Waals surface area contributed by atoms with Crippen molar-refractivity contribution in [3.05, 3.63) is 145 Å². The first-order valence-corrected chi connectivity index (χ1v) is 26.8. The van der Waals surface area contributed by atoms with E-state index in [0.717, 1.165) is 144 Å². The number of aryl methyl sites for hydroxylation is 2. The van der Waals surface area contributed by atoms with Gasteiger partial charge in [-0.1, -0.05) is 84.0 Å². The predicted molar refractivity (Wildman–Crippen MR) is 291 cm³/mol. The van der Waals surface area contributed by atoms with Crippen molar-refractivity contribution in [1.29, 1.82) is 0 Å². The van der Waals surface area contributed by atoms with Gasteiger partial charge < -0.3 is 29.4 Å². The Balaban J connectivity index is 0.000000168. The second kappa shape index (κ2) is 20.6. The van der Waals surface area contributed by atoms with Crippen LogP contribution in [0.15, 0.2) is 72.3 Å². The minimum Gasteiger partial charge on any atom is -0.478 e. The Morgan fingerprint density at radius 2 is 1.29 bits per heavy atom. The summed E-state index contributed by atoms with van der Waals surface area (Å²) in [5.74, 6) is -0.804. The lowest BCUT2D eigenvalue weighted by molar-refractivity contribution is 0.0115. The molecule has 0 bridgehead atoms. The highest BCUT2D eigenvalue weighted by Gasteiger charge is 2.44. The molecule has 2 N–H and O–H groups in total. The number of hydrogen-bond acceptors (Lipinski definition) is 8. The zero-order valence-electron chi connectivity index (χ0n) is 43.7. The maximum Gasteiger partial charge on any atom is 0.338 e. The number of carboxylic acid groups (broad SMARTS) is 1. The monoisotopic (exact) mass is 982 g/mol. The number of fused-ring (bicyclic) bond motifs is 4. The molecule has 11 rings (SSSR count). The normalized spacial score (nSPS) is 19.7. The number of hydrogen-bond donors (Lipinski definition) is 2. The Morgan fingerprint density at radius 1 is 0.726 bits per heavy atom. The van der Waals surface area contributed by atoms with E-state index >= 15 is 0 Å². The lowest BCUT2D eigenvalue weighted by Crippen LogP contribution is -2.49. The molecule has 12 nitrogen and oxygen atoms in total. The first-order valence-electron chi connectivity index (χ1n) is 26.8. The molecule has 380 valence electrons. The van der Waals surface area contributed by atoms with E-state index in [4.69, 9.17) is 22.6 Å². The van der Waals surface area contributed by atoms with E-state index in [1.165, 1.54) is 40.9 Å². The van der Waals surface area contributed by atoms with Crippen LogP contribution < -0.4 is 9.80 Å². The number of aromatic nitrogens is 1. The summed E-state index contributed by atoms with van der Waals surface area (Å²) in [6.07, 6.45) is 7.26. The molecule has 1 aromatic heterocycles. The van der Waals surface area contributed by atoms with Gasteiger partial charge in [-0.25, -0.2) is 14.5 Å². The molecule has 2 aliphatic carbocycles. The molecule has 0 atom stereocenters. The number of aromatic carboxylic acids is 1. The summed E-state index contributed by atoms with van der Waals surface area (Å²) in [6, 6.07) is 23.4. The number of ether oxygens (including phenoxy) is 2. The van der Waals surface area contributed by atoms with Crippen LogP contribution in [-0.4, -0.2) is 123 Å². The number of nitrogens with one attached hydrogen (secondary N) is 1. The summed E-state index contributed by atoms with van der Waals surface area (Å²) in [5.41, 5.74) is 14.5. The average molecular weight is 982 g/mol. The highest BCUT2D eigenvalue weighted by Crippen LogP contribution is 2.52. The molecule has 0 saturated carbocycles. The SMILES string of the molecule is [C-]#[N+]c1ccc2c(C(=O)O)c(C(C)(C)c3ccc(CC)c(N4CCC(N5CCOCC5)CC4)c3)[nH]c2c1.[C-]#[N+]c1ccc2c(c1)CC1=C2C(=O)c2cc(CC)c(N3CCC(N4CCOCC4)CC3)cc2C1(C)C. The minimum absolute atomic E-state index is 0.154. The van der Waals surface area contributed by atoms with Crippen LogP contribution in [0.25, 0.3) is 26.2 Å². The van der Waals surface area contributed by atoms with Crippen LogP contribution in [0, 0.1) is 13.1 Å². The number of Topliss-reactive ketones (excluding diaryl/α,β-unsaturated/α-hetero) is 1. The fourth-order valence-corrected chi connectivity index (χ4v) is 13.0. The van der Waals surface area contributed by atoms with Crippen LogP contribution in [0.4, 0.5) is 22.7 Å². The fourth-order valence-electron chi connectivity index (χ4n) is 13.0. The molecule has 4 aliphatic heterocycles. The van der Waals surface area contributed by atoms with Crippen LogP contribution >= 0.6 is 0 Å². The Kier molecular flexibility index (Phi) is 14.2. The smallest absolute Gasteiger partial charge is 0.338 e. The van der Waals surface area contributed by atoms with Gasteiger partial charge in [-0.05, 0) is 108 Å². The van der Waals surface area contributed by atoms with Gasteiger partial charge in [0.15, 0.2) is 17.2 Å². The number of anilines is 2. The van der Waals surface area contributed by atoms with E-state index in [0.29, 0.717) is 40.1 Å². The van der Waals surface area contributed by atoms with Crippen LogP contribution in [0.3, 0.4) is 0 Å². The molecule has 0 radical (unpaired) electrons. The number of carbonyl (C=O) groups excluding carboxylic acids is 1. The van der Waals surface area contributed by atoms with E-state index < -0.39 is 11.4 Å². The van der Waals surface area contributed by atoms with Crippen molar-refractivity contribution in [2.24, 2.45) is 0 Å². The van der Waals surface area contributed by atoms with Gasteiger partial charge in [0.25, 0.3) is 0 Å². The Hall–Kier alpha value is -6.28. The number of morpholine rings is 2. The third kappa shape index (κ3) is 9.37. The lowest BCUT2D eigenvalue weighted by atomic mass is 9.68. The summed E-state index contributed by atoms with van der Waals surface area (Å²) in [6.45, 7) is 39.5. The van der Waals surface area contributed by atoms with Crippen LogP contribution in [0.2, 0.25) is 0 Å². The maximum absolute atomic E-state index is 13.9. The number of carbonyl (C=O) groups is 2. The Morgan fingerprint density at radius 3 is 1.85 bits per heavy atom. The molecular weight excluding hydrogens is 911 g/mol. The number of nitrogens with zero attached hydrogens (tertiary/aromatic N) is 6. The quantitative estimate of drug-likeness (QED) is 0.140. The van der Waals surface area contributed by atoms with Gasteiger partial charge >= 0.3 is 5.97 Å². The zero-order valence-corrected chi connectivity index (χ0v) is 43.7. The summed E-state index contributed by atoms with van der Waals surface area (Å²) in [4.78, 5) is 47.1. The number of carboxylic acids is 1. The largest absolute Gasteiger partial charge is 0.478 e. The molecule has 5 heterocycles. The number of rotatable bonds is 9. The number of ketones is 1. The Labute approximate surface area is 431 Å². The topological polar surface area (TPSA) is 110 Å². The van der Waals surface area contributed by atoms with Gasteiger partial charge in [-0.15, -0.1) is 0 Å². The molecule has 6 aliphatic rings. The van der Waals surface area contributed by atoms with Crippen LogP contribution in [-0.2, 0) is 39.6 Å². The molecule has 0 unspecified atom stereocenters. The number of benzene rings is 4. The molecule has 0 amide bonds. The second-order valence-corrected chi connectivity index (χ2v) is 21.9. The van der Waals surface area contributed by atoms with Crippen molar-refractivity contribution in [2.45, 2.75) is 109 Å². The molecule has 4 fully saturated rings. The number of aromatic amines is 1. The van der Waals surface area contributed by atoms with E-state index in [1.54, 1.807) is 18.2 Å². The predicted octanol–water partition coefficient (Wildman–Crippen LogP) is 11.2. The van der Waals surface area contributed by atoms with E-state index in [2.05, 4.69) is 106 Å². The number of piperidine rings is 2. The molecule has 4 saturated heterocycles. The first-order chi connectivity index (χ1) is 35.2. The van der Waals surface area contributed by atoms with Crippen molar-refractivity contribution in [2.75, 3.05) is 88.6 Å². The van der Waals surface area contributed by atoms with Crippen molar-refractivity contribution < 1.29 is 24.2 Å². The summed E-state index contributed by atoms with van der Waals surface area (Å²) in [7, 11) is 0. The molecule has 12 heteroatoms. The highest BCUT2D eigenvalue weighted by atomic mass is 16.5. The molecule has 4 aromatic carbocycles. The molecule has 73 heavy (non-hydrogen) atoms. The van der Waals surface area contributed by atoms with Gasteiger partial charge in [0.1, 0.15) is 0 Å². The van der Waals surface area contributed by atoms with Gasteiger partial charge in [0.05, 0.1) is 45.1 Å². The summed E-state index contributed by atoms with van der Waals surface area (Å²) in [5, 5.41) is 10.8.